The number of halogens is 1. The first kappa shape index (κ1) is 13.4. The average Bonchev–Trinajstić information content (AvgIpc) is 2.84. The Hall–Kier alpha value is -1.07. The molecular formula is C13H17FN2OS. The van der Waals surface area contributed by atoms with Gasteiger partial charge in [-0.05, 0) is 42.5 Å². The van der Waals surface area contributed by atoms with Crippen molar-refractivity contribution in [2.75, 3.05) is 18.1 Å². The lowest BCUT2D eigenvalue weighted by Crippen LogP contribution is -2.23. The molecule has 5 heteroatoms. The predicted octanol–water partition coefficient (Wildman–Crippen LogP) is 1.77. The summed E-state index contributed by atoms with van der Waals surface area (Å²) < 4.78 is 13.7. The molecule has 0 radical (unpaired) electrons. The summed E-state index contributed by atoms with van der Waals surface area (Å²) in [5.74, 6) is 2.14. The molecule has 18 heavy (non-hydrogen) atoms. The number of amides is 1. The van der Waals surface area contributed by atoms with E-state index < -0.39 is 5.91 Å². The van der Waals surface area contributed by atoms with E-state index >= 15 is 0 Å². The van der Waals surface area contributed by atoms with Gasteiger partial charge in [0, 0.05) is 17.7 Å². The van der Waals surface area contributed by atoms with Crippen LogP contribution in [0.15, 0.2) is 18.2 Å². The fourth-order valence-electron chi connectivity index (χ4n) is 2.00. The van der Waals surface area contributed by atoms with Crippen LogP contribution in [0, 0.1) is 11.7 Å². The van der Waals surface area contributed by atoms with Crippen LogP contribution in [0.4, 0.5) is 4.39 Å². The number of nitrogens with two attached hydrogens (primary N) is 1. The molecule has 0 aromatic heterocycles. The Morgan fingerprint density at radius 3 is 3.00 bits per heavy atom. The zero-order valence-electron chi connectivity index (χ0n) is 10.1. The fraction of sp³-hybridized carbons (Fsp3) is 0.462. The molecule has 1 atom stereocenters. The number of benzene rings is 1. The maximum Gasteiger partial charge on any atom is 0.248 e. The summed E-state index contributed by atoms with van der Waals surface area (Å²) in [6.07, 6.45) is 1.24. The Balaban J connectivity index is 1.87. The number of hydrogen-bond donors (Lipinski definition) is 2. The van der Waals surface area contributed by atoms with Crippen molar-refractivity contribution in [2.45, 2.75) is 13.0 Å². The van der Waals surface area contributed by atoms with Gasteiger partial charge in [-0.2, -0.15) is 11.8 Å². The second-order valence-corrected chi connectivity index (χ2v) is 5.68. The molecule has 98 valence electrons. The monoisotopic (exact) mass is 268 g/mol. The third-order valence-electron chi connectivity index (χ3n) is 3.11. The van der Waals surface area contributed by atoms with Crippen LogP contribution < -0.4 is 11.1 Å². The minimum atomic E-state index is -0.601. The lowest BCUT2D eigenvalue weighted by Gasteiger charge is -2.10. The van der Waals surface area contributed by atoms with E-state index in [2.05, 4.69) is 5.32 Å². The lowest BCUT2D eigenvalue weighted by atomic mass is 10.1. The van der Waals surface area contributed by atoms with Crippen molar-refractivity contribution in [3.05, 3.63) is 35.1 Å². The van der Waals surface area contributed by atoms with Crippen molar-refractivity contribution in [1.82, 2.24) is 5.32 Å². The van der Waals surface area contributed by atoms with Gasteiger partial charge in [0.25, 0.3) is 0 Å². The van der Waals surface area contributed by atoms with Gasteiger partial charge in [0.2, 0.25) is 5.91 Å². The summed E-state index contributed by atoms with van der Waals surface area (Å²) in [4.78, 5) is 10.9. The molecule has 1 aliphatic heterocycles. The van der Waals surface area contributed by atoms with Crippen LogP contribution in [0.3, 0.4) is 0 Å². The summed E-state index contributed by atoms with van der Waals surface area (Å²) in [6.45, 7) is 1.41. The highest BCUT2D eigenvalue weighted by Crippen LogP contribution is 2.22. The molecule has 3 N–H and O–H groups in total. The van der Waals surface area contributed by atoms with Gasteiger partial charge in [0.05, 0.1) is 0 Å². The van der Waals surface area contributed by atoms with Gasteiger partial charge in [0.1, 0.15) is 5.82 Å². The highest BCUT2D eigenvalue weighted by molar-refractivity contribution is 7.99. The first-order chi connectivity index (χ1) is 8.66. The minimum absolute atomic E-state index is 0.212. The van der Waals surface area contributed by atoms with Gasteiger partial charge in [0.15, 0.2) is 0 Å². The standard InChI is InChI=1S/C13H17FN2OS/c14-12-5-10(13(15)17)1-2-11(12)7-16-6-9-3-4-18-8-9/h1-2,5,9,16H,3-4,6-8H2,(H2,15,17). The van der Waals surface area contributed by atoms with E-state index in [9.17, 15) is 9.18 Å². The van der Waals surface area contributed by atoms with E-state index in [0.29, 0.717) is 18.0 Å². The minimum Gasteiger partial charge on any atom is -0.366 e. The normalized spacial score (nSPS) is 19.1. The molecule has 0 spiro atoms. The summed E-state index contributed by atoms with van der Waals surface area (Å²) in [5, 5.41) is 3.26. The zero-order chi connectivity index (χ0) is 13.0. The molecule has 1 aromatic carbocycles. The molecule has 2 rings (SSSR count). The van der Waals surface area contributed by atoms with Gasteiger partial charge in [-0.25, -0.2) is 4.39 Å². The van der Waals surface area contributed by atoms with E-state index in [-0.39, 0.29) is 11.4 Å². The highest BCUT2D eigenvalue weighted by atomic mass is 32.2. The topological polar surface area (TPSA) is 55.1 Å². The molecule has 1 unspecified atom stereocenters. The molecule has 1 amide bonds. The maximum absolute atomic E-state index is 13.7. The van der Waals surface area contributed by atoms with Crippen molar-refractivity contribution >= 4 is 17.7 Å². The summed E-state index contributed by atoms with van der Waals surface area (Å²) in [6, 6.07) is 4.38. The van der Waals surface area contributed by atoms with Crippen molar-refractivity contribution < 1.29 is 9.18 Å². The summed E-state index contributed by atoms with van der Waals surface area (Å²) in [7, 11) is 0. The molecule has 0 bridgehead atoms. The van der Waals surface area contributed by atoms with Crippen LogP contribution in [0.2, 0.25) is 0 Å². The van der Waals surface area contributed by atoms with E-state index in [1.807, 2.05) is 11.8 Å². The van der Waals surface area contributed by atoms with E-state index in [0.717, 1.165) is 6.54 Å². The van der Waals surface area contributed by atoms with Crippen LogP contribution in [-0.2, 0) is 6.54 Å². The summed E-state index contributed by atoms with van der Waals surface area (Å²) >= 11 is 1.97. The number of rotatable bonds is 5. The molecule has 1 aliphatic rings. The molecule has 1 aromatic rings. The van der Waals surface area contributed by atoms with Crippen molar-refractivity contribution in [3.8, 4) is 0 Å². The largest absolute Gasteiger partial charge is 0.366 e. The number of carbonyl (C=O) groups is 1. The van der Waals surface area contributed by atoms with Crippen LogP contribution in [0.25, 0.3) is 0 Å². The molecule has 0 saturated carbocycles. The molecule has 1 saturated heterocycles. The van der Waals surface area contributed by atoms with Gasteiger partial charge < -0.3 is 11.1 Å². The highest BCUT2D eigenvalue weighted by Gasteiger charge is 2.15. The number of thioether (sulfide) groups is 1. The molecule has 0 aliphatic carbocycles. The van der Waals surface area contributed by atoms with Crippen LogP contribution in [0.1, 0.15) is 22.3 Å². The van der Waals surface area contributed by atoms with E-state index in [4.69, 9.17) is 5.73 Å². The van der Waals surface area contributed by atoms with Crippen molar-refractivity contribution in [2.24, 2.45) is 11.7 Å². The Morgan fingerprint density at radius 2 is 2.39 bits per heavy atom. The molecule has 1 fully saturated rings. The van der Waals surface area contributed by atoms with Crippen LogP contribution >= 0.6 is 11.8 Å². The third kappa shape index (κ3) is 3.46. The Morgan fingerprint density at radius 1 is 1.56 bits per heavy atom. The number of nitrogens with one attached hydrogen (secondary N) is 1. The van der Waals surface area contributed by atoms with Gasteiger partial charge in [-0.1, -0.05) is 6.07 Å². The van der Waals surface area contributed by atoms with E-state index in [1.54, 1.807) is 12.1 Å². The SMILES string of the molecule is NC(=O)c1ccc(CNCC2CCSC2)c(F)c1. The quantitative estimate of drug-likeness (QED) is 0.855. The number of primary amides is 1. The van der Waals surface area contributed by atoms with Crippen molar-refractivity contribution in [1.29, 1.82) is 0 Å². The summed E-state index contributed by atoms with van der Waals surface area (Å²) in [5.41, 5.74) is 5.88. The second-order valence-electron chi connectivity index (χ2n) is 4.53. The van der Waals surface area contributed by atoms with Gasteiger partial charge in [-0.3, -0.25) is 4.79 Å². The Kier molecular flexibility index (Phi) is 4.60. The fourth-order valence-corrected chi connectivity index (χ4v) is 3.28. The van der Waals surface area contributed by atoms with Crippen molar-refractivity contribution in [3.63, 3.8) is 0 Å². The third-order valence-corrected chi connectivity index (χ3v) is 4.34. The predicted molar refractivity (Wildman–Crippen MR) is 72.1 cm³/mol. The van der Waals surface area contributed by atoms with Gasteiger partial charge >= 0.3 is 0 Å². The Labute approximate surface area is 110 Å². The Bertz CT molecular complexity index is 433. The molecule has 3 nitrogen and oxygen atoms in total. The lowest BCUT2D eigenvalue weighted by molar-refractivity contribution is 0.1000. The molecular weight excluding hydrogens is 251 g/mol. The first-order valence-electron chi connectivity index (χ1n) is 6.03. The number of hydrogen-bond acceptors (Lipinski definition) is 3. The average molecular weight is 268 g/mol. The first-order valence-corrected chi connectivity index (χ1v) is 7.19. The number of carbonyl (C=O) groups excluding carboxylic acids is 1. The van der Waals surface area contributed by atoms with Crippen LogP contribution in [0.5, 0.6) is 0 Å². The zero-order valence-corrected chi connectivity index (χ0v) is 10.9. The van der Waals surface area contributed by atoms with Gasteiger partial charge in [-0.15, -0.1) is 0 Å². The van der Waals surface area contributed by atoms with Crippen LogP contribution in [-0.4, -0.2) is 24.0 Å². The smallest absolute Gasteiger partial charge is 0.248 e. The van der Waals surface area contributed by atoms with E-state index in [1.165, 1.54) is 24.0 Å². The maximum atomic E-state index is 13.7. The molecule has 1 heterocycles. The second kappa shape index (κ2) is 6.20.